The van der Waals surface area contributed by atoms with Crippen LogP contribution >= 0.6 is 15.9 Å². The van der Waals surface area contributed by atoms with E-state index in [1.54, 1.807) is 0 Å². The lowest BCUT2D eigenvalue weighted by molar-refractivity contribution is 0.418. The van der Waals surface area contributed by atoms with Gasteiger partial charge in [-0.15, -0.1) is 0 Å². The lowest BCUT2D eigenvalue weighted by Crippen LogP contribution is -2.24. The summed E-state index contributed by atoms with van der Waals surface area (Å²) in [4.78, 5) is 11.1. The fraction of sp³-hybridized carbons (Fsp3) is 0.667. The van der Waals surface area contributed by atoms with Crippen molar-refractivity contribution in [1.82, 2.24) is 9.97 Å². The zero-order valence-corrected chi connectivity index (χ0v) is 12.2. The summed E-state index contributed by atoms with van der Waals surface area (Å²) in [6, 6.07) is 0. The van der Waals surface area contributed by atoms with Crippen LogP contribution in [0.1, 0.15) is 27.2 Å². The molecule has 17 heavy (non-hydrogen) atoms. The van der Waals surface area contributed by atoms with E-state index in [9.17, 15) is 0 Å². The molecule has 2 rings (SSSR count). The second kappa shape index (κ2) is 4.80. The molecule has 1 aliphatic rings. The molecule has 2 heterocycles. The topological polar surface area (TPSA) is 41.1 Å². The molecule has 0 atom stereocenters. The van der Waals surface area contributed by atoms with E-state index < -0.39 is 0 Å². The average Bonchev–Trinajstić information content (AvgIpc) is 2.62. The summed E-state index contributed by atoms with van der Waals surface area (Å²) in [5.41, 5.74) is 0.378. The Labute approximate surface area is 111 Å². The predicted molar refractivity (Wildman–Crippen MR) is 74.5 cm³/mol. The highest BCUT2D eigenvalue weighted by Gasteiger charge is 2.31. The maximum Gasteiger partial charge on any atom is 0.224 e. The van der Waals surface area contributed by atoms with Crippen LogP contribution < -0.4 is 10.2 Å². The van der Waals surface area contributed by atoms with Crippen molar-refractivity contribution in [3.8, 4) is 0 Å². The summed E-state index contributed by atoms with van der Waals surface area (Å²) in [6.45, 7) is 9.60. The van der Waals surface area contributed by atoms with Gasteiger partial charge in [0.05, 0.1) is 4.47 Å². The summed E-state index contributed by atoms with van der Waals surface area (Å²) in [6.07, 6.45) is 3.03. The summed E-state index contributed by atoms with van der Waals surface area (Å²) in [5.74, 6) is 1.71. The first-order valence-electron chi connectivity index (χ1n) is 6.03. The highest BCUT2D eigenvalue weighted by atomic mass is 79.9. The Morgan fingerprint density at radius 1 is 1.53 bits per heavy atom. The molecule has 0 aliphatic carbocycles. The monoisotopic (exact) mass is 298 g/mol. The van der Waals surface area contributed by atoms with Gasteiger partial charge in [0.25, 0.3) is 0 Å². The van der Waals surface area contributed by atoms with Crippen LogP contribution in [0.4, 0.5) is 11.8 Å². The van der Waals surface area contributed by atoms with Crippen molar-refractivity contribution >= 4 is 27.7 Å². The molecular formula is C12H19BrN4. The van der Waals surface area contributed by atoms with E-state index in [4.69, 9.17) is 0 Å². The van der Waals surface area contributed by atoms with Crippen LogP contribution in [-0.2, 0) is 0 Å². The number of hydrogen-bond donors (Lipinski definition) is 1. The van der Waals surface area contributed by atoms with Crippen molar-refractivity contribution in [2.45, 2.75) is 27.2 Å². The van der Waals surface area contributed by atoms with Crippen molar-refractivity contribution in [2.24, 2.45) is 5.41 Å². The SMILES string of the molecule is CCNc1ncc(Br)c(N2CCC(C)(C)C2)n1. The third-order valence-electron chi connectivity index (χ3n) is 3.04. The van der Waals surface area contributed by atoms with Crippen LogP contribution in [0.25, 0.3) is 0 Å². The van der Waals surface area contributed by atoms with Crippen LogP contribution in [0.2, 0.25) is 0 Å². The Kier molecular flexibility index (Phi) is 3.56. The van der Waals surface area contributed by atoms with Gasteiger partial charge in [-0.25, -0.2) is 4.98 Å². The number of nitrogens with zero attached hydrogens (tertiary/aromatic N) is 3. The van der Waals surface area contributed by atoms with E-state index >= 15 is 0 Å². The van der Waals surface area contributed by atoms with Gasteiger partial charge >= 0.3 is 0 Å². The molecule has 0 saturated carbocycles. The average molecular weight is 299 g/mol. The molecule has 1 N–H and O–H groups in total. The smallest absolute Gasteiger partial charge is 0.224 e. The van der Waals surface area contributed by atoms with Gasteiger partial charge in [0.1, 0.15) is 5.82 Å². The number of hydrogen-bond acceptors (Lipinski definition) is 4. The van der Waals surface area contributed by atoms with Gasteiger partial charge in [-0.05, 0) is 34.7 Å². The standard InChI is InChI=1S/C12H19BrN4/c1-4-14-11-15-7-9(13)10(16-11)17-6-5-12(2,3)8-17/h7H,4-6,8H2,1-3H3,(H,14,15,16). The van der Waals surface area contributed by atoms with E-state index in [0.29, 0.717) is 11.4 Å². The largest absolute Gasteiger partial charge is 0.355 e. The van der Waals surface area contributed by atoms with Crippen LogP contribution in [0.15, 0.2) is 10.7 Å². The van der Waals surface area contributed by atoms with Crippen LogP contribution in [0.5, 0.6) is 0 Å². The van der Waals surface area contributed by atoms with E-state index in [1.807, 2.05) is 13.1 Å². The van der Waals surface area contributed by atoms with Crippen molar-refractivity contribution < 1.29 is 0 Å². The number of rotatable bonds is 3. The molecule has 0 spiro atoms. The van der Waals surface area contributed by atoms with Crippen LogP contribution in [0.3, 0.4) is 0 Å². The molecule has 94 valence electrons. The molecule has 4 nitrogen and oxygen atoms in total. The minimum atomic E-state index is 0.378. The number of nitrogens with one attached hydrogen (secondary N) is 1. The highest BCUT2D eigenvalue weighted by molar-refractivity contribution is 9.10. The summed E-state index contributed by atoms with van der Waals surface area (Å²) in [7, 11) is 0. The van der Waals surface area contributed by atoms with Crippen molar-refractivity contribution in [2.75, 3.05) is 29.9 Å². The Morgan fingerprint density at radius 2 is 2.29 bits per heavy atom. The molecule has 1 aromatic heterocycles. The first kappa shape index (κ1) is 12.6. The molecule has 1 aliphatic heterocycles. The predicted octanol–water partition coefficient (Wildman–Crippen LogP) is 2.91. The van der Waals surface area contributed by atoms with Crippen molar-refractivity contribution in [1.29, 1.82) is 0 Å². The Bertz CT molecular complexity index is 405. The van der Waals surface area contributed by atoms with Gasteiger partial charge in [0, 0.05) is 25.8 Å². The Balaban J connectivity index is 2.22. The van der Waals surface area contributed by atoms with Crippen LogP contribution in [0, 0.1) is 5.41 Å². The Hall–Kier alpha value is -0.840. The quantitative estimate of drug-likeness (QED) is 0.932. The van der Waals surface area contributed by atoms with Crippen molar-refractivity contribution in [3.63, 3.8) is 0 Å². The van der Waals surface area contributed by atoms with Crippen molar-refractivity contribution in [3.05, 3.63) is 10.7 Å². The fourth-order valence-electron chi connectivity index (χ4n) is 2.12. The number of anilines is 2. The third-order valence-corrected chi connectivity index (χ3v) is 3.60. The highest BCUT2D eigenvalue weighted by Crippen LogP contribution is 2.34. The molecule has 0 amide bonds. The molecule has 1 saturated heterocycles. The lowest BCUT2D eigenvalue weighted by Gasteiger charge is -2.21. The molecule has 1 fully saturated rings. The molecule has 5 heteroatoms. The molecule has 0 bridgehead atoms. The third kappa shape index (κ3) is 2.89. The van der Waals surface area contributed by atoms with E-state index in [-0.39, 0.29) is 0 Å². The lowest BCUT2D eigenvalue weighted by atomic mass is 9.93. The zero-order chi connectivity index (χ0) is 12.5. The summed E-state index contributed by atoms with van der Waals surface area (Å²) in [5, 5.41) is 3.15. The van der Waals surface area contributed by atoms with E-state index in [0.717, 1.165) is 29.9 Å². The first-order valence-corrected chi connectivity index (χ1v) is 6.82. The minimum absolute atomic E-state index is 0.378. The second-order valence-corrected chi connectivity index (χ2v) is 6.09. The van der Waals surface area contributed by atoms with Gasteiger partial charge < -0.3 is 10.2 Å². The van der Waals surface area contributed by atoms with E-state index in [2.05, 4.69) is 50.0 Å². The minimum Gasteiger partial charge on any atom is -0.355 e. The molecular weight excluding hydrogens is 280 g/mol. The summed E-state index contributed by atoms with van der Waals surface area (Å²) >= 11 is 3.53. The van der Waals surface area contributed by atoms with Gasteiger partial charge in [-0.2, -0.15) is 4.98 Å². The Morgan fingerprint density at radius 3 is 2.88 bits per heavy atom. The number of aromatic nitrogens is 2. The van der Waals surface area contributed by atoms with Gasteiger partial charge in [-0.1, -0.05) is 13.8 Å². The first-order chi connectivity index (χ1) is 8.02. The van der Waals surface area contributed by atoms with E-state index in [1.165, 1.54) is 6.42 Å². The number of halogens is 1. The summed E-state index contributed by atoms with van der Waals surface area (Å²) < 4.78 is 0.969. The van der Waals surface area contributed by atoms with Gasteiger partial charge in [0.15, 0.2) is 0 Å². The molecule has 0 radical (unpaired) electrons. The molecule has 0 unspecified atom stereocenters. The fourth-order valence-corrected chi connectivity index (χ4v) is 2.56. The molecule has 1 aromatic rings. The zero-order valence-electron chi connectivity index (χ0n) is 10.6. The molecule has 0 aromatic carbocycles. The maximum atomic E-state index is 4.57. The van der Waals surface area contributed by atoms with Gasteiger partial charge in [0.2, 0.25) is 5.95 Å². The normalized spacial score (nSPS) is 18.5. The van der Waals surface area contributed by atoms with Crippen LogP contribution in [-0.4, -0.2) is 29.6 Å². The second-order valence-electron chi connectivity index (χ2n) is 5.23. The maximum absolute atomic E-state index is 4.57. The van der Waals surface area contributed by atoms with Gasteiger partial charge in [-0.3, -0.25) is 0 Å².